The summed E-state index contributed by atoms with van der Waals surface area (Å²) in [5.41, 5.74) is 1.05. The van der Waals surface area contributed by atoms with Crippen molar-refractivity contribution in [1.29, 1.82) is 0 Å². The molecule has 0 radical (unpaired) electrons. The smallest absolute Gasteiger partial charge is 0.280 e. The number of pyridine rings is 1. The van der Waals surface area contributed by atoms with Gasteiger partial charge in [0.1, 0.15) is 0 Å². The largest absolute Gasteiger partial charge is 0.346 e. The fraction of sp³-hybridized carbons (Fsp3) is 0.438. The number of nitrogens with zero attached hydrogens (tertiary/aromatic N) is 3. The molecule has 0 saturated carbocycles. The van der Waals surface area contributed by atoms with Crippen LogP contribution in [0.3, 0.4) is 0 Å². The van der Waals surface area contributed by atoms with Gasteiger partial charge in [0.05, 0.1) is 4.88 Å². The van der Waals surface area contributed by atoms with E-state index in [1.54, 1.807) is 18.6 Å². The molecule has 114 valence electrons. The normalized spacial score (nSPS) is 26.8. The van der Waals surface area contributed by atoms with Gasteiger partial charge in [-0.1, -0.05) is 0 Å². The number of amides is 1. The van der Waals surface area contributed by atoms with Gasteiger partial charge in [0.2, 0.25) is 0 Å². The summed E-state index contributed by atoms with van der Waals surface area (Å²) in [5.74, 6) is 0.595. The number of nitrogens with one attached hydrogen (secondary N) is 1. The molecular formula is C16H18N4OS. The number of hydrogen-bond acceptors (Lipinski definition) is 5. The van der Waals surface area contributed by atoms with Gasteiger partial charge >= 0.3 is 0 Å². The van der Waals surface area contributed by atoms with Gasteiger partial charge in [0.15, 0.2) is 5.01 Å². The van der Waals surface area contributed by atoms with Crippen LogP contribution in [-0.4, -0.2) is 46.5 Å². The topological polar surface area (TPSA) is 58.1 Å². The number of carbonyl (C=O) groups excluding carboxylic acids is 1. The van der Waals surface area contributed by atoms with Crippen LogP contribution in [0.15, 0.2) is 30.7 Å². The second-order valence-corrected chi connectivity index (χ2v) is 7.01. The standard InChI is InChI=1S/C16H18N4OS/c21-15(19-13-10-20-7-3-11(13)4-8-20)16-18-9-14(22-16)12-1-5-17-6-2-12/h1-2,5-6,9,11,13H,3-4,7-8,10H2,(H,19,21). The van der Waals surface area contributed by atoms with Gasteiger partial charge in [-0.3, -0.25) is 9.78 Å². The molecule has 5 nitrogen and oxygen atoms in total. The number of carbonyl (C=O) groups is 1. The number of hydrogen-bond donors (Lipinski definition) is 1. The maximum atomic E-state index is 12.4. The summed E-state index contributed by atoms with van der Waals surface area (Å²) >= 11 is 1.44. The number of rotatable bonds is 3. The van der Waals surface area contributed by atoms with Crippen LogP contribution >= 0.6 is 11.3 Å². The fourth-order valence-corrected chi connectivity index (χ4v) is 4.21. The average molecular weight is 314 g/mol. The molecule has 1 amide bonds. The van der Waals surface area contributed by atoms with Crippen molar-refractivity contribution >= 4 is 17.2 Å². The number of piperidine rings is 3. The quantitative estimate of drug-likeness (QED) is 0.942. The Labute approximate surface area is 133 Å². The minimum absolute atomic E-state index is 0.0379. The Balaban J connectivity index is 1.46. The van der Waals surface area contributed by atoms with E-state index in [1.165, 1.54) is 37.3 Å². The first-order valence-electron chi connectivity index (χ1n) is 7.69. The van der Waals surface area contributed by atoms with Crippen molar-refractivity contribution in [2.75, 3.05) is 19.6 Å². The first-order valence-corrected chi connectivity index (χ1v) is 8.51. The monoisotopic (exact) mass is 314 g/mol. The molecule has 3 fully saturated rings. The maximum absolute atomic E-state index is 12.4. The van der Waals surface area contributed by atoms with E-state index in [0.717, 1.165) is 17.0 Å². The zero-order valence-corrected chi connectivity index (χ0v) is 13.1. The van der Waals surface area contributed by atoms with E-state index in [4.69, 9.17) is 0 Å². The Hall–Kier alpha value is -1.79. The number of aromatic nitrogens is 2. The van der Waals surface area contributed by atoms with E-state index in [1.807, 2.05) is 12.1 Å². The molecule has 2 aromatic heterocycles. The predicted octanol–water partition coefficient (Wildman–Crippen LogP) is 2.03. The van der Waals surface area contributed by atoms with Gasteiger partial charge in [-0.05, 0) is 49.5 Å². The first-order chi connectivity index (χ1) is 10.8. The summed E-state index contributed by atoms with van der Waals surface area (Å²) in [7, 11) is 0. The van der Waals surface area contributed by atoms with Crippen molar-refractivity contribution < 1.29 is 4.79 Å². The zero-order chi connectivity index (χ0) is 14.9. The lowest BCUT2D eigenvalue weighted by atomic mass is 9.84. The van der Waals surface area contributed by atoms with E-state index in [2.05, 4.69) is 20.2 Å². The summed E-state index contributed by atoms with van der Waals surface area (Å²) in [6.45, 7) is 3.35. The zero-order valence-electron chi connectivity index (χ0n) is 12.2. The maximum Gasteiger partial charge on any atom is 0.280 e. The molecule has 1 unspecified atom stereocenters. The number of thiazole rings is 1. The Bertz CT molecular complexity index is 664. The van der Waals surface area contributed by atoms with E-state index in [-0.39, 0.29) is 11.9 Å². The van der Waals surface area contributed by atoms with Gasteiger partial charge in [-0.2, -0.15) is 0 Å². The Morgan fingerprint density at radius 1 is 1.27 bits per heavy atom. The van der Waals surface area contributed by atoms with E-state index in [0.29, 0.717) is 10.9 Å². The first kappa shape index (κ1) is 13.8. The molecule has 6 heteroatoms. The minimum atomic E-state index is -0.0379. The summed E-state index contributed by atoms with van der Waals surface area (Å²) in [6, 6.07) is 4.15. The third-order valence-electron chi connectivity index (χ3n) is 4.64. The van der Waals surface area contributed by atoms with E-state index in [9.17, 15) is 4.79 Å². The van der Waals surface area contributed by atoms with Gasteiger partial charge in [-0.25, -0.2) is 4.98 Å². The van der Waals surface area contributed by atoms with Crippen molar-refractivity contribution in [2.45, 2.75) is 18.9 Å². The molecule has 1 atom stereocenters. The summed E-state index contributed by atoms with van der Waals surface area (Å²) in [6.07, 6.45) is 7.67. The second kappa shape index (κ2) is 5.78. The average Bonchev–Trinajstić information content (AvgIpc) is 3.07. The van der Waals surface area contributed by atoms with Crippen LogP contribution in [0.1, 0.15) is 22.6 Å². The molecule has 0 aromatic carbocycles. The molecule has 0 spiro atoms. The molecule has 2 bridgehead atoms. The number of fused-ring (bicyclic) bond motifs is 3. The van der Waals surface area contributed by atoms with Gasteiger partial charge in [0, 0.05) is 31.2 Å². The Kier molecular flexibility index (Phi) is 3.63. The lowest BCUT2D eigenvalue weighted by Gasteiger charge is -2.44. The third-order valence-corrected chi connectivity index (χ3v) is 5.68. The summed E-state index contributed by atoms with van der Waals surface area (Å²) in [5, 5.41) is 3.73. The molecule has 22 heavy (non-hydrogen) atoms. The van der Waals surface area contributed by atoms with Crippen LogP contribution in [0, 0.1) is 5.92 Å². The van der Waals surface area contributed by atoms with E-state index < -0.39 is 0 Å². The third kappa shape index (κ3) is 2.64. The Morgan fingerprint density at radius 3 is 2.73 bits per heavy atom. The molecular weight excluding hydrogens is 296 g/mol. The molecule has 5 heterocycles. The van der Waals surface area contributed by atoms with Crippen molar-refractivity contribution in [3.05, 3.63) is 35.7 Å². The summed E-state index contributed by atoms with van der Waals surface area (Å²) in [4.78, 5) is 24.2. The molecule has 3 aliphatic rings. The van der Waals surface area contributed by atoms with E-state index >= 15 is 0 Å². The van der Waals surface area contributed by atoms with Gasteiger partial charge in [0.25, 0.3) is 5.91 Å². The molecule has 3 aliphatic heterocycles. The molecule has 1 N–H and O–H groups in total. The Morgan fingerprint density at radius 2 is 2.05 bits per heavy atom. The van der Waals surface area contributed by atoms with Crippen LogP contribution in [0.25, 0.3) is 10.4 Å². The lowest BCUT2D eigenvalue weighted by molar-refractivity contribution is 0.0620. The highest BCUT2D eigenvalue weighted by Gasteiger charge is 2.35. The predicted molar refractivity (Wildman–Crippen MR) is 85.8 cm³/mol. The van der Waals surface area contributed by atoms with Crippen molar-refractivity contribution in [3.8, 4) is 10.4 Å². The SMILES string of the molecule is O=C(NC1CN2CCC1CC2)c1ncc(-c2ccncc2)s1. The minimum Gasteiger partial charge on any atom is -0.346 e. The van der Waals surface area contributed by atoms with Crippen LogP contribution in [0.2, 0.25) is 0 Å². The fourth-order valence-electron chi connectivity index (χ4n) is 3.39. The molecule has 5 rings (SSSR count). The molecule has 3 saturated heterocycles. The highest BCUT2D eigenvalue weighted by Crippen LogP contribution is 2.29. The van der Waals surface area contributed by atoms with Crippen LogP contribution in [-0.2, 0) is 0 Å². The van der Waals surface area contributed by atoms with Crippen LogP contribution < -0.4 is 5.32 Å². The van der Waals surface area contributed by atoms with Gasteiger partial charge in [-0.15, -0.1) is 11.3 Å². The lowest BCUT2D eigenvalue weighted by Crippen LogP contribution is -2.57. The highest BCUT2D eigenvalue weighted by molar-refractivity contribution is 7.16. The molecule has 2 aromatic rings. The van der Waals surface area contributed by atoms with Crippen molar-refractivity contribution in [2.24, 2.45) is 5.92 Å². The van der Waals surface area contributed by atoms with Gasteiger partial charge < -0.3 is 10.2 Å². The summed E-state index contributed by atoms with van der Waals surface area (Å²) < 4.78 is 0. The van der Waals surface area contributed by atoms with Crippen LogP contribution in [0.4, 0.5) is 0 Å². The molecule has 0 aliphatic carbocycles. The van der Waals surface area contributed by atoms with Crippen LogP contribution in [0.5, 0.6) is 0 Å². The van der Waals surface area contributed by atoms with Crippen molar-refractivity contribution in [1.82, 2.24) is 20.2 Å². The highest BCUT2D eigenvalue weighted by atomic mass is 32.1. The second-order valence-electron chi connectivity index (χ2n) is 5.98. The van der Waals surface area contributed by atoms with Crippen molar-refractivity contribution in [3.63, 3.8) is 0 Å².